The highest BCUT2D eigenvalue weighted by Gasteiger charge is 2.45. The van der Waals surface area contributed by atoms with Crippen molar-refractivity contribution in [3.05, 3.63) is 42.1 Å². The third-order valence-corrected chi connectivity index (χ3v) is 8.32. The molecule has 3 aromatic heterocycles. The summed E-state index contributed by atoms with van der Waals surface area (Å²) in [7, 11) is -4.85. The van der Waals surface area contributed by atoms with Gasteiger partial charge in [-0.25, -0.2) is 18.4 Å². The summed E-state index contributed by atoms with van der Waals surface area (Å²) >= 11 is 0. The van der Waals surface area contributed by atoms with Gasteiger partial charge in [0.25, 0.3) is 0 Å². The smallest absolute Gasteiger partial charge is 0.249 e. The number of aromatic nitrogens is 3. The molecular weight excluding hydrogens is 436 g/mol. The summed E-state index contributed by atoms with van der Waals surface area (Å²) < 4.78 is 45.0. The first-order valence-corrected chi connectivity index (χ1v) is 12.9. The first kappa shape index (κ1) is 19.9. The maximum atomic E-state index is 13.0. The van der Waals surface area contributed by atoms with Crippen molar-refractivity contribution < 1.29 is 17.0 Å². The first-order valence-electron chi connectivity index (χ1n) is 9.69. The standard InChI is InChI=1S/C21H18N4O4S2/c1-3-31(27,28)20-18(19-23-15-11-14(30(2)26)4-5-16(15)29-19)24-17-10-13(6-9-25(17)20)21(12-22)7-8-21/h4-6,9-11H,3,7-8H2,1-2H3. The topological polar surface area (TPSA) is 118 Å². The highest BCUT2D eigenvalue weighted by atomic mass is 32.2. The summed E-state index contributed by atoms with van der Waals surface area (Å²) in [5.74, 6) is -0.0376. The second-order valence-electron chi connectivity index (χ2n) is 7.61. The lowest BCUT2D eigenvalue weighted by atomic mass is 9.99. The zero-order valence-electron chi connectivity index (χ0n) is 16.8. The minimum Gasteiger partial charge on any atom is -0.435 e. The fourth-order valence-corrected chi connectivity index (χ4v) is 5.36. The van der Waals surface area contributed by atoms with E-state index in [-0.39, 0.29) is 22.4 Å². The highest BCUT2D eigenvalue weighted by molar-refractivity contribution is 7.91. The quantitative estimate of drug-likeness (QED) is 0.454. The van der Waals surface area contributed by atoms with Crippen LogP contribution in [0.3, 0.4) is 0 Å². The molecule has 1 aliphatic carbocycles. The third kappa shape index (κ3) is 3.07. The number of nitriles is 1. The van der Waals surface area contributed by atoms with Crippen LogP contribution in [0, 0.1) is 11.3 Å². The number of hydrogen-bond donors (Lipinski definition) is 0. The zero-order chi connectivity index (χ0) is 22.0. The van der Waals surface area contributed by atoms with Gasteiger partial charge >= 0.3 is 0 Å². The SMILES string of the molecule is CCS(=O)(=O)c1c(-c2nc3cc(S(C)=O)ccc3o2)nc2cc(C3(C#N)CC3)ccn12. The number of rotatable bonds is 5. The predicted octanol–water partition coefficient (Wildman–Crippen LogP) is 3.23. The van der Waals surface area contributed by atoms with Crippen LogP contribution < -0.4 is 0 Å². The van der Waals surface area contributed by atoms with Gasteiger partial charge in [-0.3, -0.25) is 8.61 Å². The van der Waals surface area contributed by atoms with Gasteiger partial charge in [0, 0.05) is 28.1 Å². The fourth-order valence-electron chi connectivity index (χ4n) is 3.67. The van der Waals surface area contributed by atoms with Crippen molar-refractivity contribution >= 4 is 37.4 Å². The van der Waals surface area contributed by atoms with Crippen LogP contribution in [0.1, 0.15) is 25.3 Å². The Balaban J connectivity index is 1.75. The van der Waals surface area contributed by atoms with Gasteiger partial charge < -0.3 is 4.42 Å². The van der Waals surface area contributed by atoms with Crippen LogP contribution in [0.4, 0.5) is 0 Å². The van der Waals surface area contributed by atoms with Crippen molar-refractivity contribution in [2.75, 3.05) is 12.0 Å². The van der Waals surface area contributed by atoms with E-state index in [1.807, 2.05) is 0 Å². The third-order valence-electron chi connectivity index (χ3n) is 5.67. The Labute approximate surface area is 180 Å². The molecule has 0 spiro atoms. The van der Waals surface area contributed by atoms with Crippen LogP contribution in [0.15, 0.2) is 50.9 Å². The Morgan fingerprint density at radius 1 is 1.26 bits per heavy atom. The van der Waals surface area contributed by atoms with Crippen LogP contribution in [-0.2, 0) is 26.1 Å². The summed E-state index contributed by atoms with van der Waals surface area (Å²) in [6.07, 6.45) is 4.77. The van der Waals surface area contributed by atoms with E-state index in [0.717, 1.165) is 18.4 Å². The lowest BCUT2D eigenvalue weighted by molar-refractivity contribution is 0.588. The molecule has 0 N–H and O–H groups in total. The average molecular weight is 455 g/mol. The normalized spacial score (nSPS) is 16.4. The van der Waals surface area contributed by atoms with E-state index in [1.54, 1.807) is 49.7 Å². The van der Waals surface area contributed by atoms with E-state index >= 15 is 0 Å². The Kier molecular flexibility index (Phi) is 4.32. The Hall–Kier alpha value is -3.03. The van der Waals surface area contributed by atoms with Crippen molar-refractivity contribution in [1.82, 2.24) is 14.4 Å². The second kappa shape index (κ2) is 6.73. The summed E-state index contributed by atoms with van der Waals surface area (Å²) in [6.45, 7) is 1.57. The largest absolute Gasteiger partial charge is 0.435 e. The van der Waals surface area contributed by atoms with E-state index < -0.39 is 26.1 Å². The molecule has 0 radical (unpaired) electrons. The lowest BCUT2D eigenvalue weighted by Gasteiger charge is -2.07. The number of benzene rings is 1. The van der Waals surface area contributed by atoms with Gasteiger partial charge in [0.2, 0.25) is 5.89 Å². The van der Waals surface area contributed by atoms with Crippen LogP contribution in [-0.4, -0.2) is 39.0 Å². The molecule has 0 amide bonds. The molecule has 0 aliphatic heterocycles. The maximum absolute atomic E-state index is 13.0. The van der Waals surface area contributed by atoms with Gasteiger partial charge in [-0.1, -0.05) is 6.92 Å². The van der Waals surface area contributed by atoms with Gasteiger partial charge in [0.1, 0.15) is 11.2 Å². The van der Waals surface area contributed by atoms with Crippen molar-refractivity contribution in [3.63, 3.8) is 0 Å². The van der Waals surface area contributed by atoms with Crippen LogP contribution in [0.5, 0.6) is 0 Å². The predicted molar refractivity (Wildman–Crippen MR) is 115 cm³/mol. The molecule has 3 heterocycles. The van der Waals surface area contributed by atoms with Gasteiger partial charge in [0.15, 0.2) is 26.1 Å². The molecule has 1 atom stereocenters. The maximum Gasteiger partial charge on any atom is 0.249 e. The van der Waals surface area contributed by atoms with Crippen LogP contribution >= 0.6 is 0 Å². The fraction of sp³-hybridized carbons (Fsp3) is 0.286. The first-order chi connectivity index (χ1) is 14.8. The molecular formula is C21H18N4O4S2. The molecule has 1 aliphatic rings. The van der Waals surface area contributed by atoms with E-state index in [1.165, 1.54) is 4.40 Å². The minimum absolute atomic E-state index is 0.00389. The van der Waals surface area contributed by atoms with E-state index in [9.17, 15) is 17.9 Å². The summed E-state index contributed by atoms with van der Waals surface area (Å²) in [5.41, 5.74) is 1.77. The van der Waals surface area contributed by atoms with Crippen molar-refractivity contribution in [2.45, 2.75) is 35.1 Å². The number of imidazole rings is 1. The summed E-state index contributed by atoms with van der Waals surface area (Å²) in [5, 5.41) is 9.51. The number of pyridine rings is 1. The number of hydrogen-bond acceptors (Lipinski definition) is 7. The molecule has 5 rings (SSSR count). The van der Waals surface area contributed by atoms with Gasteiger partial charge in [-0.2, -0.15) is 5.26 Å². The number of sulfone groups is 1. The van der Waals surface area contributed by atoms with Crippen LogP contribution in [0.25, 0.3) is 28.3 Å². The minimum atomic E-state index is -3.67. The molecule has 8 nitrogen and oxygen atoms in total. The Bertz CT molecular complexity index is 1540. The molecule has 1 aromatic carbocycles. The van der Waals surface area contributed by atoms with Crippen molar-refractivity contribution in [1.29, 1.82) is 5.26 Å². The number of oxazole rings is 1. The van der Waals surface area contributed by atoms with Crippen molar-refractivity contribution in [2.24, 2.45) is 0 Å². The van der Waals surface area contributed by atoms with E-state index in [4.69, 9.17) is 4.42 Å². The second-order valence-corrected chi connectivity index (χ2v) is 11.2. The molecule has 4 aromatic rings. The van der Waals surface area contributed by atoms with Gasteiger partial charge in [-0.15, -0.1) is 0 Å². The molecule has 158 valence electrons. The molecule has 1 fully saturated rings. The number of fused-ring (bicyclic) bond motifs is 2. The van der Waals surface area contributed by atoms with E-state index in [0.29, 0.717) is 21.6 Å². The molecule has 1 saturated carbocycles. The molecule has 1 unspecified atom stereocenters. The average Bonchev–Trinajstić information content (AvgIpc) is 3.28. The molecule has 31 heavy (non-hydrogen) atoms. The molecule has 0 bridgehead atoms. The van der Waals surface area contributed by atoms with Gasteiger partial charge in [-0.05, 0) is 48.7 Å². The highest BCUT2D eigenvalue weighted by Crippen LogP contribution is 2.48. The Morgan fingerprint density at radius 3 is 2.68 bits per heavy atom. The van der Waals surface area contributed by atoms with Crippen molar-refractivity contribution in [3.8, 4) is 17.7 Å². The number of nitrogens with zero attached hydrogens (tertiary/aromatic N) is 4. The molecule has 10 heteroatoms. The van der Waals surface area contributed by atoms with E-state index in [2.05, 4.69) is 16.0 Å². The zero-order valence-corrected chi connectivity index (χ0v) is 18.5. The van der Waals surface area contributed by atoms with Crippen LogP contribution in [0.2, 0.25) is 0 Å². The Morgan fingerprint density at radius 2 is 2.03 bits per heavy atom. The molecule has 0 saturated heterocycles. The monoisotopic (exact) mass is 454 g/mol. The lowest BCUT2D eigenvalue weighted by Crippen LogP contribution is -2.09. The summed E-state index contributed by atoms with van der Waals surface area (Å²) in [6, 6.07) is 10.9. The van der Waals surface area contributed by atoms with Gasteiger partial charge in [0.05, 0.1) is 17.2 Å². The summed E-state index contributed by atoms with van der Waals surface area (Å²) in [4.78, 5) is 9.58.